The number of benzene rings is 1. The van der Waals surface area contributed by atoms with Crippen LogP contribution in [0.15, 0.2) is 18.2 Å². The number of nitrogens with one attached hydrogen (secondary N) is 1. The van der Waals surface area contributed by atoms with Crippen LogP contribution in [-0.2, 0) is 0 Å². The van der Waals surface area contributed by atoms with Crippen LogP contribution in [0.5, 0.6) is 0 Å². The molecular weight excluding hydrogens is 282 g/mol. The molecule has 1 aliphatic rings. The van der Waals surface area contributed by atoms with Gasteiger partial charge in [0.05, 0.1) is 9.95 Å². The zero-order chi connectivity index (χ0) is 14.7. The minimum Gasteiger partial charge on any atom is -0.338 e. The summed E-state index contributed by atoms with van der Waals surface area (Å²) in [6.45, 7) is 1.15. The number of hydrogen-bond donors (Lipinski definition) is 1. The molecule has 20 heavy (non-hydrogen) atoms. The lowest BCUT2D eigenvalue weighted by Gasteiger charge is -2.31. The fourth-order valence-corrected chi connectivity index (χ4v) is 2.66. The molecule has 1 aromatic rings. The molecule has 1 N–H and O–H groups in total. The van der Waals surface area contributed by atoms with Gasteiger partial charge in [-0.05, 0) is 26.0 Å². The van der Waals surface area contributed by atoms with E-state index in [4.69, 9.17) is 11.6 Å². The number of nitro groups is 1. The molecule has 1 aliphatic heterocycles. The minimum absolute atomic E-state index is 0.0120. The number of halogens is 1. The second-order valence-electron chi connectivity index (χ2n) is 4.75. The largest absolute Gasteiger partial charge is 0.338 e. The Morgan fingerprint density at radius 2 is 2.10 bits per heavy atom. The highest BCUT2D eigenvalue weighted by Gasteiger charge is 2.29. The van der Waals surface area contributed by atoms with Gasteiger partial charge in [-0.25, -0.2) is 0 Å². The Hall–Kier alpha value is -1.66. The number of nitrogens with zero attached hydrogens (tertiary/aromatic N) is 2. The fourth-order valence-electron chi connectivity index (χ4n) is 2.41. The van der Waals surface area contributed by atoms with Gasteiger partial charge in [-0.2, -0.15) is 0 Å². The van der Waals surface area contributed by atoms with Gasteiger partial charge >= 0.3 is 0 Å². The van der Waals surface area contributed by atoms with Crippen molar-refractivity contribution in [1.82, 2.24) is 10.2 Å². The maximum atomic E-state index is 12.5. The average molecular weight is 298 g/mol. The maximum Gasteiger partial charge on any atom is 0.283 e. The van der Waals surface area contributed by atoms with E-state index in [-0.39, 0.29) is 22.2 Å². The lowest BCUT2D eigenvalue weighted by molar-refractivity contribution is -0.385. The molecule has 6 nitrogen and oxygen atoms in total. The normalized spacial score (nSPS) is 16.2. The molecular formula is C13H16ClN3O3. The van der Waals surface area contributed by atoms with E-state index in [1.165, 1.54) is 18.2 Å². The van der Waals surface area contributed by atoms with Crippen LogP contribution >= 0.6 is 11.6 Å². The van der Waals surface area contributed by atoms with Gasteiger partial charge in [0, 0.05) is 25.2 Å². The highest BCUT2D eigenvalue weighted by atomic mass is 35.5. The molecule has 1 amide bonds. The van der Waals surface area contributed by atoms with Gasteiger partial charge in [0.2, 0.25) is 0 Å². The number of rotatable bonds is 3. The first kappa shape index (κ1) is 14.7. The summed E-state index contributed by atoms with van der Waals surface area (Å²) in [6.07, 6.45) is 1.67. The Morgan fingerprint density at radius 1 is 1.45 bits per heavy atom. The number of carbonyl (C=O) groups excluding carboxylic acids is 1. The van der Waals surface area contributed by atoms with Crippen LogP contribution in [0, 0.1) is 10.1 Å². The van der Waals surface area contributed by atoms with E-state index in [0.29, 0.717) is 19.1 Å². The predicted molar refractivity (Wildman–Crippen MR) is 76.1 cm³/mol. The second kappa shape index (κ2) is 6.19. The van der Waals surface area contributed by atoms with Gasteiger partial charge in [0.15, 0.2) is 0 Å². The number of amides is 1. The van der Waals surface area contributed by atoms with Crippen molar-refractivity contribution in [2.24, 2.45) is 0 Å². The van der Waals surface area contributed by atoms with Gasteiger partial charge in [-0.3, -0.25) is 14.9 Å². The Kier molecular flexibility index (Phi) is 4.57. The zero-order valence-electron chi connectivity index (χ0n) is 11.1. The molecule has 0 atom stereocenters. The molecule has 0 bridgehead atoms. The average Bonchev–Trinajstić information content (AvgIpc) is 2.46. The lowest BCUT2D eigenvalue weighted by Crippen LogP contribution is -2.44. The Bertz CT molecular complexity index is 528. The van der Waals surface area contributed by atoms with Crippen molar-refractivity contribution in [3.63, 3.8) is 0 Å². The molecule has 0 saturated carbocycles. The van der Waals surface area contributed by atoms with Crippen LogP contribution in [0.25, 0.3) is 0 Å². The van der Waals surface area contributed by atoms with Gasteiger partial charge in [-0.1, -0.05) is 17.7 Å². The molecule has 7 heteroatoms. The number of likely N-dealkylation sites (tertiary alicyclic amines) is 1. The van der Waals surface area contributed by atoms with Crippen molar-refractivity contribution >= 4 is 23.2 Å². The topological polar surface area (TPSA) is 75.5 Å². The van der Waals surface area contributed by atoms with Crippen LogP contribution in [-0.4, -0.2) is 41.9 Å². The molecule has 0 radical (unpaired) electrons. The molecule has 0 aliphatic carbocycles. The van der Waals surface area contributed by atoms with E-state index in [2.05, 4.69) is 5.32 Å². The van der Waals surface area contributed by atoms with Crippen LogP contribution in [0.3, 0.4) is 0 Å². The van der Waals surface area contributed by atoms with Gasteiger partial charge in [0.1, 0.15) is 5.56 Å². The molecule has 0 spiro atoms. The van der Waals surface area contributed by atoms with Crippen molar-refractivity contribution < 1.29 is 9.72 Å². The summed E-state index contributed by atoms with van der Waals surface area (Å²) in [5.41, 5.74) is -0.250. The summed E-state index contributed by atoms with van der Waals surface area (Å²) in [6, 6.07) is 4.67. The summed E-state index contributed by atoms with van der Waals surface area (Å²) in [4.78, 5) is 24.5. The standard InChI is InChI=1S/C13H16ClN3O3/c1-15-9-5-7-16(8-6-9)13(18)12-10(14)3-2-4-11(12)17(19)20/h2-4,9,15H,5-8H2,1H3. The maximum absolute atomic E-state index is 12.5. The smallest absolute Gasteiger partial charge is 0.283 e. The molecule has 2 rings (SSSR count). The van der Waals surface area contributed by atoms with E-state index in [9.17, 15) is 14.9 Å². The van der Waals surface area contributed by atoms with Gasteiger partial charge < -0.3 is 10.2 Å². The Balaban J connectivity index is 2.24. The first-order chi connectivity index (χ1) is 9.54. The van der Waals surface area contributed by atoms with Gasteiger partial charge in [-0.15, -0.1) is 0 Å². The van der Waals surface area contributed by atoms with Crippen LogP contribution in [0.2, 0.25) is 5.02 Å². The lowest BCUT2D eigenvalue weighted by atomic mass is 10.0. The molecule has 0 unspecified atom stereocenters. The third-order valence-corrected chi connectivity index (χ3v) is 3.91. The Morgan fingerprint density at radius 3 is 2.65 bits per heavy atom. The van der Waals surface area contributed by atoms with Crippen LogP contribution < -0.4 is 5.32 Å². The first-order valence-corrected chi connectivity index (χ1v) is 6.82. The minimum atomic E-state index is -0.570. The van der Waals surface area contributed by atoms with Crippen LogP contribution in [0.1, 0.15) is 23.2 Å². The SMILES string of the molecule is CNC1CCN(C(=O)c2c(Cl)cccc2[N+](=O)[O-])CC1. The molecule has 108 valence electrons. The summed E-state index contributed by atoms with van der Waals surface area (Å²) in [5.74, 6) is -0.364. The second-order valence-corrected chi connectivity index (χ2v) is 5.15. The molecule has 1 fully saturated rings. The van der Waals surface area contributed by atoms with Crippen molar-refractivity contribution in [1.29, 1.82) is 0 Å². The third kappa shape index (κ3) is 2.91. The van der Waals surface area contributed by atoms with Crippen molar-refractivity contribution in [2.45, 2.75) is 18.9 Å². The number of nitro benzene ring substituents is 1. The summed E-state index contributed by atoms with van der Waals surface area (Å²) < 4.78 is 0. The quantitative estimate of drug-likeness (QED) is 0.684. The number of carbonyl (C=O) groups is 1. The summed E-state index contributed by atoms with van der Waals surface area (Å²) >= 11 is 5.98. The van der Waals surface area contributed by atoms with E-state index in [0.717, 1.165) is 12.8 Å². The third-order valence-electron chi connectivity index (χ3n) is 3.59. The monoisotopic (exact) mass is 297 g/mol. The summed E-state index contributed by atoms with van der Waals surface area (Å²) in [7, 11) is 1.89. The highest BCUT2D eigenvalue weighted by molar-refractivity contribution is 6.34. The summed E-state index contributed by atoms with van der Waals surface area (Å²) in [5, 5.41) is 14.3. The van der Waals surface area contributed by atoms with Crippen molar-refractivity contribution in [3.8, 4) is 0 Å². The Labute approximate surface area is 121 Å². The molecule has 0 aromatic heterocycles. The number of hydrogen-bond acceptors (Lipinski definition) is 4. The van der Waals surface area contributed by atoms with Crippen molar-refractivity contribution in [2.75, 3.05) is 20.1 Å². The van der Waals surface area contributed by atoms with E-state index < -0.39 is 4.92 Å². The fraction of sp³-hybridized carbons (Fsp3) is 0.462. The van der Waals surface area contributed by atoms with E-state index in [1.807, 2.05) is 7.05 Å². The van der Waals surface area contributed by atoms with Crippen molar-refractivity contribution in [3.05, 3.63) is 38.9 Å². The first-order valence-electron chi connectivity index (χ1n) is 6.44. The predicted octanol–water partition coefficient (Wildman–Crippen LogP) is 2.07. The molecule has 1 heterocycles. The van der Waals surface area contributed by atoms with E-state index >= 15 is 0 Å². The molecule has 1 aromatic carbocycles. The van der Waals surface area contributed by atoms with Gasteiger partial charge in [0.25, 0.3) is 11.6 Å². The molecule has 1 saturated heterocycles. The zero-order valence-corrected chi connectivity index (χ0v) is 11.9. The highest BCUT2D eigenvalue weighted by Crippen LogP contribution is 2.28. The van der Waals surface area contributed by atoms with E-state index in [1.54, 1.807) is 4.90 Å². The van der Waals surface area contributed by atoms with Crippen LogP contribution in [0.4, 0.5) is 5.69 Å². The number of piperidine rings is 1.